The average Bonchev–Trinajstić information content (AvgIpc) is 2.64. The fraction of sp³-hybridized carbons (Fsp3) is 0.909. The summed E-state index contributed by atoms with van der Waals surface area (Å²) < 4.78 is 4.68. The summed E-state index contributed by atoms with van der Waals surface area (Å²) in [6, 6.07) is 0. The molecule has 27 heavy (non-hydrogen) atoms. The average molecular weight is 387 g/mol. The van der Waals surface area contributed by atoms with Crippen LogP contribution in [0.2, 0.25) is 0 Å². The van der Waals surface area contributed by atoms with Crippen molar-refractivity contribution in [2.45, 2.75) is 122 Å². The highest BCUT2D eigenvalue weighted by atomic mass is 16.7. The van der Waals surface area contributed by atoms with E-state index in [1.54, 1.807) is 0 Å². The van der Waals surface area contributed by atoms with Crippen molar-refractivity contribution < 1.29 is 24.5 Å². The van der Waals surface area contributed by atoms with Crippen LogP contribution in [-0.2, 0) is 14.3 Å². The summed E-state index contributed by atoms with van der Waals surface area (Å²) in [5.74, 6) is -3.79. The number of aliphatic hydroxyl groups excluding tert-OH is 1. The summed E-state index contributed by atoms with van der Waals surface area (Å²) in [6.07, 6.45) is 18.9. The van der Waals surface area contributed by atoms with Crippen LogP contribution in [0.25, 0.3) is 0 Å². The number of unbranched alkanes of at least 4 members (excludes halogenated alkanes) is 14. The Balaban J connectivity index is 3.38. The fourth-order valence-electron chi connectivity index (χ4n) is 3.10. The lowest BCUT2D eigenvalue weighted by molar-refractivity contribution is -0.218. The molecule has 5 nitrogen and oxygen atoms in total. The van der Waals surface area contributed by atoms with Gasteiger partial charge in [0.25, 0.3) is 5.79 Å². The van der Waals surface area contributed by atoms with Gasteiger partial charge in [-0.3, -0.25) is 9.59 Å². The number of carbonyl (C=O) groups is 2. The molecule has 160 valence electrons. The van der Waals surface area contributed by atoms with E-state index in [2.05, 4.69) is 11.7 Å². The SMILES string of the molecule is CCCCCCCCCCCCCCCCCC(=O)OC(O)(CO)C(C)=O. The normalized spacial score (nSPS) is 13.3. The zero-order valence-electron chi connectivity index (χ0n) is 17.6. The molecule has 0 aliphatic rings. The summed E-state index contributed by atoms with van der Waals surface area (Å²) in [5, 5.41) is 18.6. The van der Waals surface area contributed by atoms with Crippen molar-refractivity contribution in [1.29, 1.82) is 0 Å². The molecule has 0 radical (unpaired) electrons. The number of rotatable bonds is 19. The van der Waals surface area contributed by atoms with Crippen molar-refractivity contribution in [1.82, 2.24) is 0 Å². The summed E-state index contributed by atoms with van der Waals surface area (Å²) in [5.41, 5.74) is 0. The van der Waals surface area contributed by atoms with E-state index >= 15 is 0 Å². The first-order valence-corrected chi connectivity index (χ1v) is 11.0. The molecule has 0 aromatic rings. The van der Waals surface area contributed by atoms with Gasteiger partial charge < -0.3 is 14.9 Å². The summed E-state index contributed by atoms with van der Waals surface area (Å²) in [6.45, 7) is 2.42. The quantitative estimate of drug-likeness (QED) is 0.184. The van der Waals surface area contributed by atoms with Gasteiger partial charge in [0.15, 0.2) is 0 Å². The van der Waals surface area contributed by atoms with Gasteiger partial charge in [-0.05, 0) is 6.42 Å². The molecule has 0 aliphatic heterocycles. The van der Waals surface area contributed by atoms with Crippen molar-refractivity contribution >= 4 is 11.8 Å². The van der Waals surface area contributed by atoms with Gasteiger partial charge in [0.1, 0.15) is 6.61 Å². The smallest absolute Gasteiger partial charge is 0.308 e. The van der Waals surface area contributed by atoms with Gasteiger partial charge in [-0.1, -0.05) is 96.8 Å². The predicted molar refractivity (Wildman–Crippen MR) is 108 cm³/mol. The molecule has 1 unspecified atom stereocenters. The van der Waals surface area contributed by atoms with E-state index in [-0.39, 0.29) is 6.42 Å². The van der Waals surface area contributed by atoms with Crippen molar-refractivity contribution in [3.8, 4) is 0 Å². The highest BCUT2D eigenvalue weighted by Crippen LogP contribution is 2.15. The lowest BCUT2D eigenvalue weighted by atomic mass is 10.0. The molecule has 0 bridgehead atoms. The molecule has 2 N–H and O–H groups in total. The molecule has 0 fully saturated rings. The van der Waals surface area contributed by atoms with Crippen LogP contribution in [0.3, 0.4) is 0 Å². The van der Waals surface area contributed by atoms with E-state index in [0.29, 0.717) is 6.42 Å². The van der Waals surface area contributed by atoms with Gasteiger partial charge in [0.05, 0.1) is 0 Å². The molecule has 0 saturated carbocycles. The zero-order valence-corrected chi connectivity index (χ0v) is 17.6. The minimum atomic E-state index is -2.38. The molecule has 0 spiro atoms. The molecule has 0 aliphatic carbocycles. The maximum atomic E-state index is 11.6. The predicted octanol–water partition coefficient (Wildman–Crippen LogP) is 5.06. The third-order valence-electron chi connectivity index (χ3n) is 5.03. The summed E-state index contributed by atoms with van der Waals surface area (Å²) in [4.78, 5) is 22.8. The van der Waals surface area contributed by atoms with Crippen LogP contribution in [-0.4, -0.2) is 34.4 Å². The molecule has 0 aromatic carbocycles. The molecular weight excluding hydrogens is 344 g/mol. The van der Waals surface area contributed by atoms with Gasteiger partial charge in [0.2, 0.25) is 5.78 Å². The van der Waals surface area contributed by atoms with E-state index in [1.807, 2.05) is 0 Å². The number of ketones is 1. The van der Waals surface area contributed by atoms with Crippen LogP contribution in [0, 0.1) is 0 Å². The number of aliphatic hydroxyl groups is 2. The van der Waals surface area contributed by atoms with Crippen molar-refractivity contribution in [2.24, 2.45) is 0 Å². The Labute approximate surface area is 165 Å². The second-order valence-corrected chi connectivity index (χ2v) is 7.67. The monoisotopic (exact) mass is 386 g/mol. The Morgan fingerprint density at radius 2 is 1.11 bits per heavy atom. The van der Waals surface area contributed by atoms with Gasteiger partial charge in [-0.25, -0.2) is 0 Å². The van der Waals surface area contributed by atoms with Gasteiger partial charge in [-0.2, -0.15) is 0 Å². The minimum Gasteiger partial charge on any atom is -0.423 e. The van der Waals surface area contributed by atoms with Crippen LogP contribution in [0.4, 0.5) is 0 Å². The highest BCUT2D eigenvalue weighted by Gasteiger charge is 2.36. The van der Waals surface area contributed by atoms with Gasteiger partial charge >= 0.3 is 5.97 Å². The van der Waals surface area contributed by atoms with Crippen LogP contribution < -0.4 is 0 Å². The van der Waals surface area contributed by atoms with Crippen LogP contribution in [0.5, 0.6) is 0 Å². The largest absolute Gasteiger partial charge is 0.423 e. The fourth-order valence-corrected chi connectivity index (χ4v) is 3.10. The van der Waals surface area contributed by atoms with E-state index < -0.39 is 24.1 Å². The molecule has 1 atom stereocenters. The second-order valence-electron chi connectivity index (χ2n) is 7.67. The summed E-state index contributed by atoms with van der Waals surface area (Å²) in [7, 11) is 0. The molecule has 0 saturated heterocycles. The van der Waals surface area contributed by atoms with Crippen molar-refractivity contribution in [3.63, 3.8) is 0 Å². The van der Waals surface area contributed by atoms with Gasteiger partial charge in [0, 0.05) is 13.3 Å². The number of hydrogen-bond acceptors (Lipinski definition) is 5. The van der Waals surface area contributed by atoms with E-state index in [1.165, 1.54) is 77.0 Å². The Kier molecular flexibility index (Phi) is 16.6. The number of esters is 1. The standard InChI is InChI=1S/C22H42O5/c1-3-4-5-6-7-8-9-10-11-12-13-14-15-16-17-18-21(25)27-22(26,19-23)20(2)24/h23,26H,3-19H2,1-2H3. The molecule has 0 amide bonds. The first kappa shape index (κ1) is 26.1. The lowest BCUT2D eigenvalue weighted by Gasteiger charge is -2.22. The molecule has 0 aromatic heterocycles. The molecule has 0 rings (SSSR count). The molecule has 0 heterocycles. The number of Topliss-reactive ketones (excluding diaryl/α,β-unsaturated/α-hetero) is 1. The Morgan fingerprint density at radius 1 is 0.741 bits per heavy atom. The van der Waals surface area contributed by atoms with Crippen molar-refractivity contribution in [2.75, 3.05) is 6.61 Å². The number of hydrogen-bond donors (Lipinski definition) is 2. The second kappa shape index (κ2) is 17.2. The van der Waals surface area contributed by atoms with E-state index in [4.69, 9.17) is 5.11 Å². The lowest BCUT2D eigenvalue weighted by Crippen LogP contribution is -2.45. The Morgan fingerprint density at radius 3 is 1.44 bits per heavy atom. The molecular formula is C22H42O5. The first-order chi connectivity index (χ1) is 13.0. The first-order valence-electron chi connectivity index (χ1n) is 11.0. The topological polar surface area (TPSA) is 83.8 Å². The van der Waals surface area contributed by atoms with Gasteiger partial charge in [-0.15, -0.1) is 0 Å². The van der Waals surface area contributed by atoms with Crippen LogP contribution in [0.15, 0.2) is 0 Å². The maximum Gasteiger partial charge on any atom is 0.308 e. The molecule has 5 heteroatoms. The summed E-state index contributed by atoms with van der Waals surface area (Å²) >= 11 is 0. The third kappa shape index (κ3) is 14.7. The Bertz CT molecular complexity index is 383. The number of carbonyl (C=O) groups excluding carboxylic acids is 2. The Hall–Kier alpha value is -0.940. The van der Waals surface area contributed by atoms with E-state index in [0.717, 1.165) is 19.8 Å². The van der Waals surface area contributed by atoms with Crippen LogP contribution >= 0.6 is 0 Å². The van der Waals surface area contributed by atoms with Crippen molar-refractivity contribution in [3.05, 3.63) is 0 Å². The zero-order chi connectivity index (χ0) is 20.4. The maximum absolute atomic E-state index is 11.6. The minimum absolute atomic E-state index is 0.161. The van der Waals surface area contributed by atoms with Crippen LogP contribution in [0.1, 0.15) is 117 Å². The highest BCUT2D eigenvalue weighted by molar-refractivity contribution is 5.86. The van der Waals surface area contributed by atoms with E-state index in [9.17, 15) is 14.7 Å². The number of ether oxygens (including phenoxy) is 1. The third-order valence-corrected chi connectivity index (χ3v) is 5.03.